The van der Waals surface area contributed by atoms with E-state index in [2.05, 4.69) is 6.58 Å². The van der Waals surface area contributed by atoms with E-state index in [1.165, 1.54) is 0 Å². The van der Waals surface area contributed by atoms with E-state index in [1.807, 2.05) is 6.92 Å². The smallest absolute Gasteiger partial charge is 0.317 e. The Morgan fingerprint density at radius 3 is 2.77 bits per heavy atom. The summed E-state index contributed by atoms with van der Waals surface area (Å²) in [7, 11) is 0. The number of ketones is 1. The van der Waals surface area contributed by atoms with Gasteiger partial charge in [-0.05, 0) is 12.8 Å². The Labute approximate surface area is 77.8 Å². The summed E-state index contributed by atoms with van der Waals surface area (Å²) in [6.07, 6.45) is 2.97. The van der Waals surface area contributed by atoms with Gasteiger partial charge in [-0.15, -0.1) is 6.58 Å². The van der Waals surface area contributed by atoms with Crippen LogP contribution in [-0.4, -0.2) is 17.9 Å². The third-order valence-electron chi connectivity index (χ3n) is 2.16. The molecular formula is C10H14O3. The van der Waals surface area contributed by atoms with Gasteiger partial charge in [-0.2, -0.15) is 0 Å². The van der Waals surface area contributed by atoms with Crippen molar-refractivity contribution in [2.24, 2.45) is 5.92 Å². The SMILES string of the molecule is C=CCC1C(=O)O[C@@H](CCC)C1=O. The molecule has 0 N–H and O–H groups in total. The number of allylic oxidation sites excluding steroid dienone is 1. The quantitative estimate of drug-likeness (QED) is 0.375. The van der Waals surface area contributed by atoms with Gasteiger partial charge in [0.1, 0.15) is 5.92 Å². The summed E-state index contributed by atoms with van der Waals surface area (Å²) >= 11 is 0. The monoisotopic (exact) mass is 182 g/mol. The fourth-order valence-corrected chi connectivity index (χ4v) is 1.46. The minimum absolute atomic E-state index is 0.0771. The zero-order valence-electron chi connectivity index (χ0n) is 7.79. The standard InChI is InChI=1S/C10H14O3/c1-3-5-7-9(11)8(6-4-2)13-10(7)12/h3,7-8H,1,4-6H2,2H3/t7?,8-/m0/s1. The number of ether oxygens (including phenoxy) is 1. The molecule has 0 aromatic rings. The van der Waals surface area contributed by atoms with Crippen LogP contribution in [0.5, 0.6) is 0 Å². The molecule has 1 aliphatic heterocycles. The highest BCUT2D eigenvalue weighted by atomic mass is 16.6. The van der Waals surface area contributed by atoms with Crippen molar-refractivity contribution in [3.63, 3.8) is 0 Å². The fourth-order valence-electron chi connectivity index (χ4n) is 1.46. The van der Waals surface area contributed by atoms with Gasteiger partial charge in [-0.25, -0.2) is 0 Å². The highest BCUT2D eigenvalue weighted by molar-refractivity contribution is 6.06. The Morgan fingerprint density at radius 2 is 2.23 bits per heavy atom. The predicted octanol–water partition coefficient (Wildman–Crippen LogP) is 1.47. The molecule has 1 heterocycles. The molecule has 3 heteroatoms. The largest absolute Gasteiger partial charge is 0.454 e. The number of hydrogen-bond donors (Lipinski definition) is 0. The summed E-state index contributed by atoms with van der Waals surface area (Å²) in [6.45, 7) is 5.46. The lowest BCUT2D eigenvalue weighted by Gasteiger charge is -2.03. The number of Topliss-reactive ketones (excluding diaryl/α,β-unsaturated/α-hetero) is 1. The number of hydrogen-bond acceptors (Lipinski definition) is 3. The number of esters is 1. The normalized spacial score (nSPS) is 27.5. The van der Waals surface area contributed by atoms with Crippen molar-refractivity contribution < 1.29 is 14.3 Å². The van der Waals surface area contributed by atoms with Gasteiger partial charge in [0, 0.05) is 0 Å². The van der Waals surface area contributed by atoms with Gasteiger partial charge in [0.2, 0.25) is 0 Å². The minimum atomic E-state index is -0.589. The van der Waals surface area contributed by atoms with Crippen molar-refractivity contribution in [2.75, 3.05) is 0 Å². The van der Waals surface area contributed by atoms with Crippen molar-refractivity contribution in [1.82, 2.24) is 0 Å². The van der Waals surface area contributed by atoms with Crippen molar-refractivity contribution in [3.05, 3.63) is 12.7 Å². The van der Waals surface area contributed by atoms with Gasteiger partial charge in [0.05, 0.1) is 0 Å². The highest BCUT2D eigenvalue weighted by Gasteiger charge is 2.41. The maximum Gasteiger partial charge on any atom is 0.317 e. The highest BCUT2D eigenvalue weighted by Crippen LogP contribution is 2.23. The Balaban J connectivity index is 2.63. The van der Waals surface area contributed by atoms with Crippen LogP contribution >= 0.6 is 0 Å². The molecule has 0 spiro atoms. The van der Waals surface area contributed by atoms with Gasteiger partial charge < -0.3 is 4.74 Å². The van der Waals surface area contributed by atoms with Crippen molar-refractivity contribution in [3.8, 4) is 0 Å². The van der Waals surface area contributed by atoms with Crippen LogP contribution in [-0.2, 0) is 14.3 Å². The molecule has 0 saturated carbocycles. The van der Waals surface area contributed by atoms with E-state index < -0.39 is 12.0 Å². The second-order valence-corrected chi connectivity index (χ2v) is 3.19. The summed E-state index contributed by atoms with van der Waals surface area (Å²) in [4.78, 5) is 22.7. The van der Waals surface area contributed by atoms with Crippen LogP contribution in [0.4, 0.5) is 0 Å². The van der Waals surface area contributed by atoms with Gasteiger partial charge in [-0.1, -0.05) is 19.4 Å². The zero-order chi connectivity index (χ0) is 9.84. The molecule has 0 amide bonds. The number of carbonyl (C=O) groups excluding carboxylic acids is 2. The molecule has 1 rings (SSSR count). The Bertz CT molecular complexity index is 232. The summed E-state index contributed by atoms with van der Waals surface area (Å²) in [5.41, 5.74) is 0. The Morgan fingerprint density at radius 1 is 1.54 bits per heavy atom. The lowest BCUT2D eigenvalue weighted by atomic mass is 9.98. The summed E-state index contributed by atoms with van der Waals surface area (Å²) in [5.74, 6) is -1.05. The molecule has 0 aliphatic carbocycles. The molecular weight excluding hydrogens is 168 g/mol. The maximum absolute atomic E-state index is 11.5. The molecule has 13 heavy (non-hydrogen) atoms. The Kier molecular flexibility index (Phi) is 3.23. The van der Waals surface area contributed by atoms with E-state index in [-0.39, 0.29) is 11.8 Å². The molecule has 0 radical (unpaired) electrons. The number of carbonyl (C=O) groups is 2. The molecule has 0 aromatic heterocycles. The third-order valence-corrected chi connectivity index (χ3v) is 2.16. The van der Waals surface area contributed by atoms with Gasteiger partial charge >= 0.3 is 5.97 Å². The summed E-state index contributed by atoms with van der Waals surface area (Å²) in [5, 5.41) is 0. The molecule has 1 unspecified atom stereocenters. The van der Waals surface area contributed by atoms with Crippen LogP contribution in [0.3, 0.4) is 0 Å². The molecule has 3 nitrogen and oxygen atoms in total. The van der Waals surface area contributed by atoms with E-state index in [4.69, 9.17) is 4.74 Å². The minimum Gasteiger partial charge on any atom is -0.454 e. The fraction of sp³-hybridized carbons (Fsp3) is 0.600. The van der Waals surface area contributed by atoms with Gasteiger partial charge in [0.25, 0.3) is 0 Å². The van der Waals surface area contributed by atoms with Gasteiger partial charge in [-0.3, -0.25) is 9.59 Å². The van der Waals surface area contributed by atoms with E-state index in [0.29, 0.717) is 12.8 Å². The lowest BCUT2D eigenvalue weighted by Crippen LogP contribution is -2.19. The lowest BCUT2D eigenvalue weighted by molar-refractivity contribution is -0.144. The van der Waals surface area contributed by atoms with Crippen molar-refractivity contribution >= 4 is 11.8 Å². The van der Waals surface area contributed by atoms with E-state index in [0.717, 1.165) is 6.42 Å². The van der Waals surface area contributed by atoms with Crippen LogP contribution in [0.1, 0.15) is 26.2 Å². The van der Waals surface area contributed by atoms with E-state index in [1.54, 1.807) is 6.08 Å². The van der Waals surface area contributed by atoms with Crippen LogP contribution in [0.25, 0.3) is 0 Å². The van der Waals surface area contributed by atoms with Gasteiger partial charge in [0.15, 0.2) is 11.9 Å². The predicted molar refractivity (Wildman–Crippen MR) is 48.1 cm³/mol. The first kappa shape index (κ1) is 9.96. The van der Waals surface area contributed by atoms with Crippen molar-refractivity contribution in [1.29, 1.82) is 0 Å². The maximum atomic E-state index is 11.5. The van der Waals surface area contributed by atoms with Crippen LogP contribution in [0.15, 0.2) is 12.7 Å². The van der Waals surface area contributed by atoms with Crippen molar-refractivity contribution in [2.45, 2.75) is 32.3 Å². The summed E-state index contributed by atoms with van der Waals surface area (Å²) < 4.78 is 4.94. The second kappa shape index (κ2) is 4.21. The molecule has 2 atom stereocenters. The first-order valence-corrected chi connectivity index (χ1v) is 4.55. The average molecular weight is 182 g/mol. The van der Waals surface area contributed by atoms with Crippen LogP contribution < -0.4 is 0 Å². The molecule has 0 aromatic carbocycles. The zero-order valence-corrected chi connectivity index (χ0v) is 7.79. The molecule has 1 aliphatic rings. The first-order valence-electron chi connectivity index (χ1n) is 4.55. The third kappa shape index (κ3) is 1.97. The Hall–Kier alpha value is -1.12. The number of cyclic esters (lactones) is 1. The number of rotatable bonds is 4. The topological polar surface area (TPSA) is 43.4 Å². The molecule has 0 bridgehead atoms. The van der Waals surface area contributed by atoms with Crippen LogP contribution in [0.2, 0.25) is 0 Å². The van der Waals surface area contributed by atoms with Crippen LogP contribution in [0, 0.1) is 5.92 Å². The molecule has 1 saturated heterocycles. The van der Waals surface area contributed by atoms with E-state index in [9.17, 15) is 9.59 Å². The first-order chi connectivity index (χ1) is 6.20. The summed E-state index contributed by atoms with van der Waals surface area (Å²) in [6, 6.07) is 0. The average Bonchev–Trinajstić information content (AvgIpc) is 2.34. The van der Waals surface area contributed by atoms with E-state index >= 15 is 0 Å². The second-order valence-electron chi connectivity index (χ2n) is 3.19. The molecule has 72 valence electrons. The molecule has 1 fully saturated rings.